The molecule has 28 heavy (non-hydrogen) atoms. The molecule has 5 nitrogen and oxygen atoms in total. The van der Waals surface area contributed by atoms with Crippen LogP contribution in [0.3, 0.4) is 0 Å². The van der Waals surface area contributed by atoms with E-state index in [1.165, 1.54) is 11.1 Å². The molecule has 3 heterocycles. The van der Waals surface area contributed by atoms with Gasteiger partial charge >= 0.3 is 0 Å². The highest BCUT2D eigenvalue weighted by atomic mass is 79.9. The second-order valence-corrected chi connectivity index (χ2v) is 8.73. The highest BCUT2D eigenvalue weighted by Gasteiger charge is 2.33. The molecule has 0 spiro atoms. The molecule has 1 amide bonds. The van der Waals surface area contributed by atoms with E-state index in [1.54, 1.807) is 4.68 Å². The van der Waals surface area contributed by atoms with Gasteiger partial charge in [-0.05, 0) is 42.2 Å². The zero-order valence-corrected chi connectivity index (χ0v) is 17.5. The number of hydrogen-bond donors (Lipinski definition) is 0. The van der Waals surface area contributed by atoms with Crippen LogP contribution < -0.4 is 0 Å². The molecule has 0 bridgehead atoms. The van der Waals surface area contributed by atoms with Gasteiger partial charge in [0.05, 0.1) is 5.52 Å². The predicted octanol–water partition coefficient (Wildman–Crippen LogP) is 3.61. The summed E-state index contributed by atoms with van der Waals surface area (Å²) in [5.41, 5.74) is 4.44. The van der Waals surface area contributed by atoms with Gasteiger partial charge < -0.3 is 4.90 Å². The number of aromatic nitrogens is 2. The first-order chi connectivity index (χ1) is 13.6. The van der Waals surface area contributed by atoms with Crippen molar-refractivity contribution < 1.29 is 4.79 Å². The number of halogens is 1. The van der Waals surface area contributed by atoms with Crippen molar-refractivity contribution >= 4 is 32.7 Å². The molecular weight excluding hydrogens is 416 g/mol. The van der Waals surface area contributed by atoms with E-state index in [2.05, 4.69) is 50.2 Å². The fourth-order valence-corrected chi connectivity index (χ4v) is 4.98. The van der Waals surface area contributed by atoms with E-state index >= 15 is 0 Å². The number of hydrogen-bond acceptors (Lipinski definition) is 3. The predicted molar refractivity (Wildman–Crippen MR) is 113 cm³/mol. The molecule has 1 fully saturated rings. The summed E-state index contributed by atoms with van der Waals surface area (Å²) >= 11 is 3.48. The first-order valence-electron chi connectivity index (χ1n) is 9.82. The molecule has 0 aliphatic carbocycles. The molecule has 0 radical (unpaired) electrons. The number of carbonyl (C=O) groups excluding carboxylic acids is 1. The standard InChI is InChI=1S/C22H23BrN4O/c1-25-21(19-7-6-17(23)12-20(19)24-25)22(28)27-11-9-18(14-27)26-10-8-15-4-2-3-5-16(15)13-26/h2-7,12,18H,8-11,13-14H2,1H3. The van der Waals surface area contributed by atoms with Crippen LogP contribution in [0, 0.1) is 0 Å². The van der Waals surface area contributed by atoms with Crippen LogP contribution in [-0.4, -0.2) is 51.2 Å². The average Bonchev–Trinajstić information content (AvgIpc) is 3.31. The summed E-state index contributed by atoms with van der Waals surface area (Å²) < 4.78 is 2.70. The van der Waals surface area contributed by atoms with Crippen LogP contribution in [0.2, 0.25) is 0 Å². The fourth-order valence-electron chi connectivity index (χ4n) is 4.63. The highest BCUT2D eigenvalue weighted by molar-refractivity contribution is 9.10. The van der Waals surface area contributed by atoms with Crippen LogP contribution in [0.4, 0.5) is 0 Å². The molecule has 5 rings (SSSR count). The Kier molecular flexibility index (Phi) is 4.48. The Morgan fingerprint density at radius 3 is 2.82 bits per heavy atom. The largest absolute Gasteiger partial charge is 0.336 e. The lowest BCUT2D eigenvalue weighted by atomic mass is 9.98. The van der Waals surface area contributed by atoms with Gasteiger partial charge in [-0.25, -0.2) is 0 Å². The molecule has 0 N–H and O–H groups in total. The monoisotopic (exact) mass is 438 g/mol. The Labute approximate surface area is 173 Å². The molecule has 1 unspecified atom stereocenters. The van der Waals surface area contributed by atoms with Crippen LogP contribution in [0.1, 0.15) is 28.0 Å². The normalized spacial score (nSPS) is 19.9. The summed E-state index contributed by atoms with van der Waals surface area (Å²) in [6.45, 7) is 3.67. The summed E-state index contributed by atoms with van der Waals surface area (Å²) in [5.74, 6) is 0.0900. The number of amides is 1. The molecule has 1 atom stereocenters. The van der Waals surface area contributed by atoms with Crippen LogP contribution in [-0.2, 0) is 20.0 Å². The van der Waals surface area contributed by atoms with Gasteiger partial charge in [-0.3, -0.25) is 14.4 Å². The Morgan fingerprint density at radius 1 is 1.14 bits per heavy atom. The minimum Gasteiger partial charge on any atom is -0.336 e. The van der Waals surface area contributed by atoms with Gasteiger partial charge in [-0.15, -0.1) is 0 Å². The lowest BCUT2D eigenvalue weighted by molar-refractivity contribution is 0.0764. The van der Waals surface area contributed by atoms with E-state index in [0.717, 1.165) is 54.4 Å². The molecular formula is C22H23BrN4O. The molecule has 0 saturated carbocycles. The van der Waals surface area contributed by atoms with E-state index in [1.807, 2.05) is 30.1 Å². The van der Waals surface area contributed by atoms with Gasteiger partial charge in [0, 0.05) is 49.1 Å². The van der Waals surface area contributed by atoms with Crippen LogP contribution in [0.25, 0.3) is 10.9 Å². The second kappa shape index (κ2) is 7.01. The van der Waals surface area contributed by atoms with Crippen LogP contribution in [0.15, 0.2) is 46.9 Å². The summed E-state index contributed by atoms with van der Waals surface area (Å²) in [6, 6.07) is 15.1. The van der Waals surface area contributed by atoms with Crippen molar-refractivity contribution in [2.24, 2.45) is 7.05 Å². The summed E-state index contributed by atoms with van der Waals surface area (Å²) in [6.07, 6.45) is 2.14. The van der Waals surface area contributed by atoms with Crippen LogP contribution in [0.5, 0.6) is 0 Å². The molecule has 2 aliphatic rings. The summed E-state index contributed by atoms with van der Waals surface area (Å²) in [5, 5.41) is 5.45. The topological polar surface area (TPSA) is 41.4 Å². The zero-order chi connectivity index (χ0) is 19.3. The van der Waals surface area contributed by atoms with Crippen molar-refractivity contribution in [2.75, 3.05) is 19.6 Å². The van der Waals surface area contributed by atoms with Crippen molar-refractivity contribution in [1.82, 2.24) is 19.6 Å². The third kappa shape index (κ3) is 3.05. The first-order valence-corrected chi connectivity index (χ1v) is 10.6. The van der Waals surface area contributed by atoms with E-state index in [4.69, 9.17) is 0 Å². The van der Waals surface area contributed by atoms with Gasteiger partial charge in [0.15, 0.2) is 0 Å². The summed E-state index contributed by atoms with van der Waals surface area (Å²) in [4.78, 5) is 17.8. The van der Waals surface area contributed by atoms with E-state index < -0.39 is 0 Å². The number of benzene rings is 2. The number of rotatable bonds is 2. The minimum atomic E-state index is 0.0900. The molecule has 6 heteroatoms. The molecule has 2 aromatic carbocycles. The van der Waals surface area contributed by atoms with E-state index in [9.17, 15) is 4.79 Å². The lowest BCUT2D eigenvalue weighted by Gasteiger charge is -2.33. The first kappa shape index (κ1) is 17.9. The van der Waals surface area contributed by atoms with Crippen molar-refractivity contribution in [3.8, 4) is 0 Å². The highest BCUT2D eigenvalue weighted by Crippen LogP contribution is 2.27. The SMILES string of the molecule is Cn1nc2cc(Br)ccc2c1C(=O)N1CCC(N2CCc3ccccc3C2)C1. The number of aryl methyl sites for hydroxylation is 1. The quantitative estimate of drug-likeness (QED) is 0.613. The molecule has 3 aromatic rings. The maximum absolute atomic E-state index is 13.3. The second-order valence-electron chi connectivity index (χ2n) is 7.82. The number of carbonyl (C=O) groups is 1. The van der Waals surface area contributed by atoms with Gasteiger partial charge in [-0.1, -0.05) is 40.2 Å². The minimum absolute atomic E-state index is 0.0900. The maximum Gasteiger partial charge on any atom is 0.272 e. The number of likely N-dealkylation sites (tertiary alicyclic amines) is 1. The third-order valence-electron chi connectivity index (χ3n) is 6.13. The molecule has 1 saturated heterocycles. The molecule has 144 valence electrons. The number of nitrogens with zero attached hydrogens (tertiary/aromatic N) is 4. The third-order valence-corrected chi connectivity index (χ3v) is 6.62. The van der Waals surface area contributed by atoms with Crippen molar-refractivity contribution in [1.29, 1.82) is 0 Å². The number of fused-ring (bicyclic) bond motifs is 2. The Hall–Kier alpha value is -2.18. The Bertz CT molecular complexity index is 1060. The Morgan fingerprint density at radius 2 is 1.96 bits per heavy atom. The summed E-state index contributed by atoms with van der Waals surface area (Å²) in [7, 11) is 1.86. The molecule has 1 aromatic heterocycles. The van der Waals surface area contributed by atoms with Gasteiger partial charge in [-0.2, -0.15) is 5.10 Å². The maximum atomic E-state index is 13.3. The zero-order valence-electron chi connectivity index (χ0n) is 15.9. The van der Waals surface area contributed by atoms with Crippen molar-refractivity contribution in [3.63, 3.8) is 0 Å². The Balaban J connectivity index is 1.34. The van der Waals surface area contributed by atoms with Gasteiger partial charge in [0.25, 0.3) is 5.91 Å². The fraction of sp³-hybridized carbons (Fsp3) is 0.364. The average molecular weight is 439 g/mol. The smallest absolute Gasteiger partial charge is 0.272 e. The van der Waals surface area contributed by atoms with Gasteiger partial charge in [0.1, 0.15) is 5.69 Å². The van der Waals surface area contributed by atoms with Crippen molar-refractivity contribution in [2.45, 2.75) is 25.4 Å². The lowest BCUT2D eigenvalue weighted by Crippen LogP contribution is -2.41. The van der Waals surface area contributed by atoms with Crippen LogP contribution >= 0.6 is 15.9 Å². The van der Waals surface area contributed by atoms with Gasteiger partial charge in [0.2, 0.25) is 0 Å². The van der Waals surface area contributed by atoms with Crippen molar-refractivity contribution in [3.05, 3.63) is 63.8 Å². The molecule has 2 aliphatic heterocycles. The van der Waals surface area contributed by atoms with E-state index in [-0.39, 0.29) is 5.91 Å². The van der Waals surface area contributed by atoms with E-state index in [0.29, 0.717) is 11.7 Å².